The Morgan fingerprint density at radius 1 is 0.809 bits per heavy atom. The first-order valence-corrected chi connectivity index (χ1v) is 17.9. The standard InChI is InChI=1S/C38H48ClN5O3/c1-29-6-4-8-34-38(29)40-37(27-45-33-12-9-31(39)10-13-33)44(34)19-5-7-30-15-20-41(21-16-30)17-2-3-18-42-22-24-43(25-23-42)32-11-14-35-36(26-32)47-28-46-35/h4,6,8-14,26,30H,2-3,5,7,15-25,27-28H2,1H3. The minimum Gasteiger partial charge on any atom is -0.486 e. The van der Waals surface area contributed by atoms with Crippen LogP contribution in [0.15, 0.2) is 60.7 Å². The third-order valence-electron chi connectivity index (χ3n) is 10.2. The van der Waals surface area contributed by atoms with Crippen molar-refractivity contribution in [2.45, 2.75) is 58.6 Å². The molecule has 4 aromatic rings. The van der Waals surface area contributed by atoms with Gasteiger partial charge in [0.15, 0.2) is 11.5 Å². The number of para-hydroxylation sites is 1. The Hall–Kier alpha value is -3.46. The van der Waals surface area contributed by atoms with Gasteiger partial charge in [-0.3, -0.25) is 4.90 Å². The van der Waals surface area contributed by atoms with Crippen LogP contribution in [0.2, 0.25) is 5.02 Å². The highest BCUT2D eigenvalue weighted by molar-refractivity contribution is 6.30. The Morgan fingerprint density at radius 2 is 1.55 bits per heavy atom. The number of ether oxygens (including phenoxy) is 3. The highest BCUT2D eigenvalue weighted by Gasteiger charge is 2.22. The molecule has 0 unspecified atom stereocenters. The smallest absolute Gasteiger partial charge is 0.231 e. The Bertz CT molecular complexity index is 1610. The summed E-state index contributed by atoms with van der Waals surface area (Å²) >= 11 is 6.06. The minimum atomic E-state index is 0.333. The number of rotatable bonds is 13. The van der Waals surface area contributed by atoms with Gasteiger partial charge in [-0.05, 0) is 126 Å². The van der Waals surface area contributed by atoms with E-state index in [0.29, 0.717) is 18.4 Å². The summed E-state index contributed by atoms with van der Waals surface area (Å²) in [5, 5.41) is 0.714. The number of hydrogen-bond donors (Lipinski definition) is 0. The average molecular weight is 658 g/mol. The second-order valence-corrected chi connectivity index (χ2v) is 13.8. The van der Waals surface area contributed by atoms with Crippen molar-refractivity contribution in [2.75, 3.05) is 64.1 Å². The number of piperidine rings is 1. The van der Waals surface area contributed by atoms with Crippen LogP contribution in [0, 0.1) is 12.8 Å². The van der Waals surface area contributed by atoms with Gasteiger partial charge in [0.1, 0.15) is 18.2 Å². The number of piperazine rings is 1. The zero-order valence-electron chi connectivity index (χ0n) is 27.7. The predicted molar refractivity (Wildman–Crippen MR) is 189 cm³/mol. The van der Waals surface area contributed by atoms with Gasteiger partial charge in [-0.1, -0.05) is 23.7 Å². The van der Waals surface area contributed by atoms with Crippen molar-refractivity contribution < 1.29 is 14.2 Å². The second-order valence-electron chi connectivity index (χ2n) is 13.4. The van der Waals surface area contributed by atoms with E-state index in [2.05, 4.69) is 56.5 Å². The van der Waals surface area contributed by atoms with E-state index in [1.807, 2.05) is 30.3 Å². The van der Waals surface area contributed by atoms with Crippen molar-refractivity contribution in [3.05, 3.63) is 77.1 Å². The van der Waals surface area contributed by atoms with Crippen LogP contribution in [-0.2, 0) is 13.2 Å². The van der Waals surface area contributed by atoms with Gasteiger partial charge in [-0.2, -0.15) is 0 Å². The number of aryl methyl sites for hydroxylation is 2. The third-order valence-corrected chi connectivity index (χ3v) is 10.5. The molecule has 0 amide bonds. The van der Waals surface area contributed by atoms with Crippen LogP contribution in [-0.4, -0.2) is 78.5 Å². The number of anilines is 1. The van der Waals surface area contributed by atoms with Gasteiger partial charge >= 0.3 is 0 Å². The number of nitrogens with zero attached hydrogens (tertiary/aromatic N) is 5. The molecule has 47 heavy (non-hydrogen) atoms. The second kappa shape index (κ2) is 15.2. The molecule has 2 saturated heterocycles. The molecule has 0 N–H and O–H groups in total. The zero-order chi connectivity index (χ0) is 32.0. The molecule has 0 saturated carbocycles. The first kappa shape index (κ1) is 32.1. The fraction of sp³-hybridized carbons (Fsp3) is 0.500. The molecule has 8 nitrogen and oxygen atoms in total. The van der Waals surface area contributed by atoms with Gasteiger partial charge in [-0.15, -0.1) is 0 Å². The van der Waals surface area contributed by atoms with Gasteiger partial charge < -0.3 is 28.6 Å². The van der Waals surface area contributed by atoms with Gasteiger partial charge in [0.05, 0.1) is 11.0 Å². The van der Waals surface area contributed by atoms with Gasteiger partial charge in [0.2, 0.25) is 6.79 Å². The molecule has 0 atom stereocenters. The van der Waals surface area contributed by atoms with Gasteiger partial charge in [-0.25, -0.2) is 4.98 Å². The molecular formula is C38H48ClN5O3. The molecule has 250 valence electrons. The van der Waals surface area contributed by atoms with E-state index in [-0.39, 0.29) is 0 Å². The lowest BCUT2D eigenvalue weighted by Gasteiger charge is -2.36. The topological polar surface area (TPSA) is 55.2 Å². The molecule has 0 radical (unpaired) electrons. The quantitative estimate of drug-likeness (QED) is 0.139. The lowest BCUT2D eigenvalue weighted by molar-refractivity contribution is 0.170. The van der Waals surface area contributed by atoms with Crippen molar-refractivity contribution >= 4 is 28.3 Å². The lowest BCUT2D eigenvalue weighted by Crippen LogP contribution is -2.46. The molecule has 2 fully saturated rings. The summed E-state index contributed by atoms with van der Waals surface area (Å²) in [4.78, 5) is 12.8. The predicted octanol–water partition coefficient (Wildman–Crippen LogP) is 7.40. The van der Waals surface area contributed by atoms with Crippen molar-refractivity contribution in [3.63, 3.8) is 0 Å². The van der Waals surface area contributed by atoms with E-state index in [1.165, 1.54) is 81.5 Å². The van der Waals surface area contributed by atoms with E-state index >= 15 is 0 Å². The summed E-state index contributed by atoms with van der Waals surface area (Å²) in [6.45, 7) is 13.2. The summed E-state index contributed by atoms with van der Waals surface area (Å²) in [5.74, 6) is 4.35. The normalized spacial score (nSPS) is 17.5. The van der Waals surface area contributed by atoms with E-state index in [9.17, 15) is 0 Å². The number of benzene rings is 3. The number of imidazole rings is 1. The number of halogens is 1. The van der Waals surface area contributed by atoms with E-state index in [1.54, 1.807) is 0 Å². The Labute approximate surface area is 284 Å². The van der Waals surface area contributed by atoms with Gasteiger partial charge in [0.25, 0.3) is 0 Å². The molecule has 0 aliphatic carbocycles. The molecule has 1 aromatic heterocycles. The van der Waals surface area contributed by atoms with Crippen molar-refractivity contribution in [2.24, 2.45) is 5.92 Å². The number of aromatic nitrogens is 2. The monoisotopic (exact) mass is 657 g/mol. The van der Waals surface area contributed by atoms with Crippen LogP contribution in [0.4, 0.5) is 5.69 Å². The van der Waals surface area contributed by atoms with Crippen LogP contribution in [0.1, 0.15) is 49.9 Å². The molecule has 3 aliphatic rings. The minimum absolute atomic E-state index is 0.333. The number of likely N-dealkylation sites (tertiary alicyclic amines) is 1. The summed E-state index contributed by atoms with van der Waals surface area (Å²) in [7, 11) is 0. The summed E-state index contributed by atoms with van der Waals surface area (Å²) in [6, 6.07) is 20.3. The van der Waals surface area contributed by atoms with Crippen LogP contribution < -0.4 is 19.1 Å². The van der Waals surface area contributed by atoms with Gasteiger partial charge in [0, 0.05) is 49.5 Å². The summed E-state index contributed by atoms with van der Waals surface area (Å²) in [5.41, 5.74) is 4.74. The highest BCUT2D eigenvalue weighted by atomic mass is 35.5. The fourth-order valence-electron chi connectivity index (χ4n) is 7.39. The SMILES string of the molecule is Cc1cccc2c1nc(COc1ccc(Cl)cc1)n2CCCC1CCN(CCCCN2CCN(c3ccc4c(c3)OCO4)CC2)CC1. The Balaban J connectivity index is 0.800. The highest BCUT2D eigenvalue weighted by Crippen LogP contribution is 2.35. The van der Waals surface area contributed by atoms with Crippen molar-refractivity contribution in [1.29, 1.82) is 0 Å². The largest absolute Gasteiger partial charge is 0.486 e. The van der Waals surface area contributed by atoms with E-state index in [0.717, 1.165) is 67.2 Å². The molecule has 7 rings (SSSR count). The van der Waals surface area contributed by atoms with Crippen molar-refractivity contribution in [1.82, 2.24) is 19.4 Å². The van der Waals surface area contributed by atoms with Crippen molar-refractivity contribution in [3.8, 4) is 17.2 Å². The van der Waals surface area contributed by atoms with Crippen LogP contribution in [0.5, 0.6) is 17.2 Å². The van der Waals surface area contributed by atoms with E-state index in [4.69, 9.17) is 30.8 Å². The molecule has 3 aliphatic heterocycles. The maximum Gasteiger partial charge on any atom is 0.231 e. The first-order valence-electron chi connectivity index (χ1n) is 17.5. The maximum absolute atomic E-state index is 6.11. The van der Waals surface area contributed by atoms with Crippen LogP contribution >= 0.6 is 11.6 Å². The zero-order valence-corrected chi connectivity index (χ0v) is 28.5. The maximum atomic E-state index is 6.11. The fourth-order valence-corrected chi connectivity index (χ4v) is 7.52. The summed E-state index contributed by atoms with van der Waals surface area (Å²) < 4.78 is 19.5. The summed E-state index contributed by atoms with van der Waals surface area (Å²) in [6.07, 6.45) is 7.65. The van der Waals surface area contributed by atoms with Crippen LogP contribution in [0.3, 0.4) is 0 Å². The van der Waals surface area contributed by atoms with Crippen LogP contribution in [0.25, 0.3) is 11.0 Å². The number of hydrogen-bond acceptors (Lipinski definition) is 7. The Kier molecular flexibility index (Phi) is 10.4. The third kappa shape index (κ3) is 7.99. The molecule has 0 bridgehead atoms. The molecular weight excluding hydrogens is 610 g/mol. The molecule has 0 spiro atoms. The first-order chi connectivity index (χ1) is 23.1. The number of fused-ring (bicyclic) bond motifs is 2. The molecule has 3 aromatic carbocycles. The Morgan fingerprint density at radius 3 is 2.34 bits per heavy atom. The lowest BCUT2D eigenvalue weighted by atomic mass is 9.92. The number of unbranched alkanes of at least 4 members (excludes halogenated alkanes) is 1. The molecule has 9 heteroatoms. The average Bonchev–Trinajstić information content (AvgIpc) is 3.72. The van der Waals surface area contributed by atoms with E-state index < -0.39 is 0 Å². The molecule has 4 heterocycles.